The summed E-state index contributed by atoms with van der Waals surface area (Å²) < 4.78 is 5.31. The summed E-state index contributed by atoms with van der Waals surface area (Å²) in [7, 11) is 0. The van der Waals surface area contributed by atoms with Gasteiger partial charge in [-0.1, -0.05) is 13.3 Å². The Labute approximate surface area is 56.4 Å². The number of hydrogen-bond donors (Lipinski definition) is 0. The molecule has 2 aliphatic rings. The summed E-state index contributed by atoms with van der Waals surface area (Å²) in [6, 6.07) is 0. The highest BCUT2D eigenvalue weighted by Gasteiger charge is 2.49. The number of ether oxygens (including phenoxy) is 1. The summed E-state index contributed by atoms with van der Waals surface area (Å²) in [4.78, 5) is 0. The summed E-state index contributed by atoms with van der Waals surface area (Å²) in [5, 5.41) is 0. The van der Waals surface area contributed by atoms with Crippen LogP contribution in [0.2, 0.25) is 0 Å². The highest BCUT2D eigenvalue weighted by Crippen LogP contribution is 2.51. The predicted octanol–water partition coefficient (Wildman–Crippen LogP) is 1.97. The minimum absolute atomic E-state index is 0.653. The van der Waals surface area contributed by atoms with Gasteiger partial charge in [-0.05, 0) is 24.7 Å². The number of hydrogen-bond acceptors (Lipinski definition) is 1. The zero-order valence-corrected chi connectivity index (χ0v) is 6.02. The van der Waals surface area contributed by atoms with Gasteiger partial charge in [0, 0.05) is 0 Å². The standard InChI is InChI=1S/C8H14O/c1-2-8(4-3-5-8)7-6-9-7/h7H,2-6H2,1H3/t7-/m0/s1. The fourth-order valence-corrected chi connectivity index (χ4v) is 1.94. The third-order valence-electron chi connectivity index (χ3n) is 3.07. The second kappa shape index (κ2) is 1.72. The van der Waals surface area contributed by atoms with Gasteiger partial charge in [0.05, 0.1) is 12.7 Å². The van der Waals surface area contributed by atoms with E-state index in [0.29, 0.717) is 11.5 Å². The molecule has 2 rings (SSSR count). The molecule has 0 spiro atoms. The van der Waals surface area contributed by atoms with E-state index in [1.165, 1.54) is 25.7 Å². The fraction of sp³-hybridized carbons (Fsp3) is 1.00. The minimum Gasteiger partial charge on any atom is -0.373 e. The lowest BCUT2D eigenvalue weighted by atomic mass is 9.65. The first-order chi connectivity index (χ1) is 4.37. The van der Waals surface area contributed by atoms with E-state index in [0.717, 1.165) is 6.61 Å². The molecule has 2 fully saturated rings. The SMILES string of the molecule is CCC1([C@@H]2CO2)CCC1. The Morgan fingerprint density at radius 2 is 2.22 bits per heavy atom. The molecule has 1 heterocycles. The normalized spacial score (nSPS) is 37.7. The van der Waals surface area contributed by atoms with E-state index < -0.39 is 0 Å². The molecule has 1 nitrogen and oxygen atoms in total. The van der Waals surface area contributed by atoms with Gasteiger partial charge in [0.1, 0.15) is 0 Å². The molecule has 1 aliphatic heterocycles. The lowest BCUT2D eigenvalue weighted by molar-refractivity contribution is 0.0812. The van der Waals surface area contributed by atoms with Gasteiger partial charge in [-0.3, -0.25) is 0 Å². The van der Waals surface area contributed by atoms with E-state index in [2.05, 4.69) is 6.92 Å². The Kier molecular flexibility index (Phi) is 1.10. The molecule has 52 valence electrons. The van der Waals surface area contributed by atoms with Crippen molar-refractivity contribution in [1.82, 2.24) is 0 Å². The Morgan fingerprint density at radius 1 is 1.56 bits per heavy atom. The van der Waals surface area contributed by atoms with Gasteiger partial charge in [0.25, 0.3) is 0 Å². The zero-order chi connectivity index (χ0) is 6.32. The van der Waals surface area contributed by atoms with E-state index in [1.807, 2.05) is 0 Å². The van der Waals surface area contributed by atoms with Crippen LogP contribution in [-0.4, -0.2) is 12.7 Å². The van der Waals surface area contributed by atoms with E-state index in [9.17, 15) is 0 Å². The molecule has 1 saturated carbocycles. The topological polar surface area (TPSA) is 12.5 Å². The van der Waals surface area contributed by atoms with Crippen LogP contribution in [0.25, 0.3) is 0 Å². The smallest absolute Gasteiger partial charge is 0.0865 e. The average molecular weight is 126 g/mol. The molecule has 1 heteroatoms. The molecule has 9 heavy (non-hydrogen) atoms. The van der Waals surface area contributed by atoms with Crippen molar-refractivity contribution in [3.63, 3.8) is 0 Å². The van der Waals surface area contributed by atoms with Crippen LogP contribution in [0.15, 0.2) is 0 Å². The van der Waals surface area contributed by atoms with Crippen molar-refractivity contribution < 1.29 is 4.74 Å². The van der Waals surface area contributed by atoms with Gasteiger partial charge in [0.15, 0.2) is 0 Å². The lowest BCUT2D eigenvalue weighted by Crippen LogP contribution is -2.34. The molecule has 1 atom stereocenters. The second-order valence-electron chi connectivity index (χ2n) is 3.39. The second-order valence-corrected chi connectivity index (χ2v) is 3.39. The Morgan fingerprint density at radius 3 is 2.33 bits per heavy atom. The van der Waals surface area contributed by atoms with Gasteiger partial charge in [0.2, 0.25) is 0 Å². The first kappa shape index (κ1) is 5.72. The number of epoxide rings is 1. The Balaban J connectivity index is 1.99. The molecule has 0 radical (unpaired) electrons. The van der Waals surface area contributed by atoms with Crippen LogP contribution in [0, 0.1) is 5.41 Å². The largest absolute Gasteiger partial charge is 0.373 e. The maximum atomic E-state index is 5.31. The summed E-state index contributed by atoms with van der Waals surface area (Å²) in [5.41, 5.74) is 0.653. The van der Waals surface area contributed by atoms with Crippen LogP contribution in [0.3, 0.4) is 0 Å². The minimum atomic E-state index is 0.653. The van der Waals surface area contributed by atoms with Crippen molar-refractivity contribution >= 4 is 0 Å². The van der Waals surface area contributed by atoms with E-state index in [1.54, 1.807) is 0 Å². The Hall–Kier alpha value is -0.0400. The van der Waals surface area contributed by atoms with E-state index >= 15 is 0 Å². The zero-order valence-electron chi connectivity index (χ0n) is 6.02. The van der Waals surface area contributed by atoms with Crippen LogP contribution in [0.4, 0.5) is 0 Å². The van der Waals surface area contributed by atoms with Crippen molar-refractivity contribution in [2.75, 3.05) is 6.61 Å². The van der Waals surface area contributed by atoms with Gasteiger partial charge < -0.3 is 4.74 Å². The van der Waals surface area contributed by atoms with Crippen molar-refractivity contribution in [2.24, 2.45) is 5.41 Å². The maximum absolute atomic E-state index is 5.31. The summed E-state index contributed by atoms with van der Waals surface area (Å²) in [6.45, 7) is 3.34. The lowest BCUT2D eigenvalue weighted by Gasteiger charge is -2.39. The molecular weight excluding hydrogens is 112 g/mol. The number of rotatable bonds is 2. The predicted molar refractivity (Wildman–Crippen MR) is 36.3 cm³/mol. The summed E-state index contributed by atoms with van der Waals surface area (Å²) in [6.07, 6.45) is 6.28. The van der Waals surface area contributed by atoms with Gasteiger partial charge >= 0.3 is 0 Å². The molecular formula is C8H14O. The first-order valence-corrected chi connectivity index (χ1v) is 3.99. The molecule has 1 aliphatic carbocycles. The highest BCUT2D eigenvalue weighted by atomic mass is 16.6. The van der Waals surface area contributed by atoms with Crippen LogP contribution >= 0.6 is 0 Å². The van der Waals surface area contributed by atoms with Gasteiger partial charge in [-0.15, -0.1) is 0 Å². The van der Waals surface area contributed by atoms with Gasteiger partial charge in [-0.25, -0.2) is 0 Å². The maximum Gasteiger partial charge on any atom is 0.0865 e. The monoisotopic (exact) mass is 126 g/mol. The average Bonchev–Trinajstić information content (AvgIpc) is 2.47. The molecule has 0 aromatic carbocycles. The third-order valence-corrected chi connectivity index (χ3v) is 3.07. The van der Waals surface area contributed by atoms with E-state index in [-0.39, 0.29) is 0 Å². The third kappa shape index (κ3) is 0.710. The molecule has 0 bridgehead atoms. The Bertz CT molecular complexity index is 106. The molecule has 0 aromatic heterocycles. The highest BCUT2D eigenvalue weighted by molar-refractivity contribution is 4.98. The van der Waals surface area contributed by atoms with Crippen LogP contribution < -0.4 is 0 Å². The first-order valence-electron chi connectivity index (χ1n) is 3.99. The quantitative estimate of drug-likeness (QED) is 0.515. The summed E-state index contributed by atoms with van der Waals surface area (Å²) >= 11 is 0. The summed E-state index contributed by atoms with van der Waals surface area (Å²) in [5.74, 6) is 0. The van der Waals surface area contributed by atoms with Crippen molar-refractivity contribution in [2.45, 2.75) is 38.7 Å². The van der Waals surface area contributed by atoms with E-state index in [4.69, 9.17) is 4.74 Å². The molecule has 0 amide bonds. The van der Waals surface area contributed by atoms with Crippen LogP contribution in [-0.2, 0) is 4.74 Å². The van der Waals surface area contributed by atoms with Crippen molar-refractivity contribution in [3.8, 4) is 0 Å². The van der Waals surface area contributed by atoms with Gasteiger partial charge in [-0.2, -0.15) is 0 Å². The molecule has 1 saturated heterocycles. The molecule has 0 unspecified atom stereocenters. The van der Waals surface area contributed by atoms with Crippen LogP contribution in [0.5, 0.6) is 0 Å². The fourth-order valence-electron chi connectivity index (χ4n) is 1.94. The van der Waals surface area contributed by atoms with Crippen molar-refractivity contribution in [1.29, 1.82) is 0 Å². The van der Waals surface area contributed by atoms with Crippen molar-refractivity contribution in [3.05, 3.63) is 0 Å². The van der Waals surface area contributed by atoms with Crippen LogP contribution in [0.1, 0.15) is 32.6 Å². The molecule has 0 aromatic rings. The molecule has 0 N–H and O–H groups in total.